The summed E-state index contributed by atoms with van der Waals surface area (Å²) in [5.74, 6) is 0. The van der Waals surface area contributed by atoms with Crippen molar-refractivity contribution < 1.29 is 12.7 Å². The molecule has 1 atom stereocenters. The molecule has 58 valence electrons. The molecule has 0 aliphatic rings. The van der Waals surface area contributed by atoms with Crippen molar-refractivity contribution in [2.24, 2.45) is 0 Å². The molecular formula is C4H13O3PS. The van der Waals surface area contributed by atoms with Crippen molar-refractivity contribution in [2.75, 3.05) is 26.7 Å². The Balaban J connectivity index is 4.05. The molecule has 0 amide bonds. The molecule has 0 saturated heterocycles. The minimum absolute atomic E-state index is 1.86. The quantitative estimate of drug-likeness (QED) is 0.501. The van der Waals surface area contributed by atoms with E-state index < -0.39 is 18.2 Å². The first-order valence-electron chi connectivity index (χ1n) is 2.49. The molecule has 9 heavy (non-hydrogen) atoms. The van der Waals surface area contributed by atoms with Gasteiger partial charge in [0.25, 0.3) is 0 Å². The van der Waals surface area contributed by atoms with Gasteiger partial charge in [0.05, 0.1) is 0 Å². The molecule has 5 heteroatoms. The van der Waals surface area contributed by atoms with E-state index in [1.54, 1.807) is 0 Å². The standard InChI is InChI=1S/C4H13O3PS/c1-8(2,3,4)7-9(5)6/h1-4H3,(H,5,6). The average molecular weight is 172 g/mol. The maximum atomic E-state index is 10.1. The predicted octanol–water partition coefficient (Wildman–Crippen LogP) is 1.13. The van der Waals surface area contributed by atoms with Crippen LogP contribution < -0.4 is 0 Å². The van der Waals surface area contributed by atoms with Crippen molar-refractivity contribution in [1.82, 2.24) is 0 Å². The summed E-state index contributed by atoms with van der Waals surface area (Å²) < 4.78 is 23.3. The van der Waals surface area contributed by atoms with Crippen LogP contribution in [0.3, 0.4) is 0 Å². The van der Waals surface area contributed by atoms with Crippen LogP contribution in [-0.4, -0.2) is 35.4 Å². The normalized spacial score (nSPS) is 20.3. The Morgan fingerprint density at radius 2 is 1.67 bits per heavy atom. The van der Waals surface area contributed by atoms with Crippen LogP contribution in [0.1, 0.15) is 0 Å². The topological polar surface area (TPSA) is 46.5 Å². The van der Waals surface area contributed by atoms with Gasteiger partial charge in [-0.3, -0.25) is 0 Å². The van der Waals surface area contributed by atoms with Gasteiger partial charge in [0.15, 0.2) is 0 Å². The van der Waals surface area contributed by atoms with E-state index in [1.807, 2.05) is 26.7 Å². The van der Waals surface area contributed by atoms with E-state index in [0.29, 0.717) is 0 Å². The third kappa shape index (κ3) is 8.50. The fraction of sp³-hybridized carbons (Fsp3) is 1.00. The van der Waals surface area contributed by atoms with Gasteiger partial charge in [-0.1, -0.05) is 0 Å². The third-order valence-electron chi connectivity index (χ3n) is 0.362. The molecule has 0 rings (SSSR count). The summed E-state index contributed by atoms with van der Waals surface area (Å²) >= 11 is -2.12. The van der Waals surface area contributed by atoms with Crippen molar-refractivity contribution >= 4 is 18.2 Å². The van der Waals surface area contributed by atoms with Gasteiger partial charge < -0.3 is 0 Å². The van der Waals surface area contributed by atoms with Crippen molar-refractivity contribution in [1.29, 1.82) is 0 Å². The van der Waals surface area contributed by atoms with Gasteiger partial charge in [-0.2, -0.15) is 0 Å². The molecule has 0 heterocycles. The summed E-state index contributed by atoms with van der Waals surface area (Å²) in [4.78, 5) is 0. The third-order valence-corrected chi connectivity index (χ3v) is 3.26. The van der Waals surface area contributed by atoms with Gasteiger partial charge in [0.2, 0.25) is 0 Å². The van der Waals surface area contributed by atoms with E-state index in [4.69, 9.17) is 8.52 Å². The van der Waals surface area contributed by atoms with Crippen LogP contribution >= 0.6 is 6.83 Å². The molecule has 3 nitrogen and oxygen atoms in total. The first kappa shape index (κ1) is 9.50. The van der Waals surface area contributed by atoms with Gasteiger partial charge in [-0.25, -0.2) is 0 Å². The first-order valence-corrected chi connectivity index (χ1v) is 7.46. The predicted molar refractivity (Wildman–Crippen MR) is 42.5 cm³/mol. The Bertz CT molecular complexity index is 127. The Labute approximate surface area is 58.3 Å². The van der Waals surface area contributed by atoms with Crippen LogP contribution in [0.4, 0.5) is 0 Å². The Morgan fingerprint density at radius 1 is 1.33 bits per heavy atom. The summed E-state index contributed by atoms with van der Waals surface area (Å²) in [6.07, 6.45) is 0. The van der Waals surface area contributed by atoms with E-state index >= 15 is 0 Å². The van der Waals surface area contributed by atoms with E-state index in [-0.39, 0.29) is 0 Å². The first-order chi connectivity index (χ1) is 3.67. The molecule has 0 spiro atoms. The molecular weight excluding hydrogens is 159 g/mol. The van der Waals surface area contributed by atoms with Crippen LogP contribution in [0.25, 0.3) is 0 Å². The molecule has 1 unspecified atom stereocenters. The Morgan fingerprint density at radius 3 is 1.67 bits per heavy atom. The molecule has 0 fully saturated rings. The summed E-state index contributed by atoms with van der Waals surface area (Å²) in [5.41, 5.74) is 0. The van der Waals surface area contributed by atoms with Crippen molar-refractivity contribution in [3.05, 3.63) is 0 Å². The fourth-order valence-electron chi connectivity index (χ4n) is 0.255. The Hall–Kier alpha value is 0.500. The van der Waals surface area contributed by atoms with E-state index in [2.05, 4.69) is 0 Å². The minimum atomic E-state index is -2.22. The molecule has 0 aromatic carbocycles. The van der Waals surface area contributed by atoms with Crippen LogP contribution in [0, 0.1) is 0 Å². The van der Waals surface area contributed by atoms with Crippen LogP contribution in [0.2, 0.25) is 0 Å². The molecule has 0 aromatic heterocycles. The van der Waals surface area contributed by atoms with E-state index in [0.717, 1.165) is 0 Å². The van der Waals surface area contributed by atoms with Gasteiger partial charge in [0.1, 0.15) is 0 Å². The monoisotopic (exact) mass is 172 g/mol. The summed E-state index contributed by atoms with van der Waals surface area (Å²) in [5, 5.41) is 0. The number of hydrogen-bond acceptors (Lipinski definition) is 2. The SMILES string of the molecule is CP(C)(C)(C)OS(=O)O. The zero-order valence-corrected chi connectivity index (χ0v) is 7.83. The van der Waals surface area contributed by atoms with Gasteiger partial charge >= 0.3 is 57.6 Å². The second-order valence-electron chi connectivity index (χ2n) is 3.71. The number of hydrogen-bond donors (Lipinski definition) is 1. The van der Waals surface area contributed by atoms with Crippen molar-refractivity contribution in [3.63, 3.8) is 0 Å². The maximum absolute atomic E-state index is 10.1. The molecule has 0 saturated carbocycles. The second kappa shape index (κ2) is 2.27. The van der Waals surface area contributed by atoms with Gasteiger partial charge in [-0.05, 0) is 0 Å². The average Bonchev–Trinajstić information content (AvgIpc) is 1.16. The van der Waals surface area contributed by atoms with Crippen LogP contribution in [0.15, 0.2) is 0 Å². The summed E-state index contributed by atoms with van der Waals surface area (Å²) in [7, 11) is 0. The van der Waals surface area contributed by atoms with Gasteiger partial charge in [0, 0.05) is 0 Å². The summed E-state index contributed by atoms with van der Waals surface area (Å²) in [6.45, 7) is 5.22. The summed E-state index contributed by atoms with van der Waals surface area (Å²) in [6, 6.07) is 0. The molecule has 0 bridgehead atoms. The van der Waals surface area contributed by atoms with Crippen LogP contribution in [-0.2, 0) is 15.3 Å². The molecule has 0 aromatic rings. The van der Waals surface area contributed by atoms with Crippen molar-refractivity contribution in [3.8, 4) is 0 Å². The van der Waals surface area contributed by atoms with Crippen molar-refractivity contribution in [2.45, 2.75) is 0 Å². The zero-order chi connectivity index (χ0) is 7.73. The fourth-order valence-corrected chi connectivity index (χ4v) is 2.30. The number of rotatable bonds is 2. The van der Waals surface area contributed by atoms with E-state index in [1.165, 1.54) is 0 Å². The molecule has 0 aliphatic heterocycles. The molecule has 0 aliphatic carbocycles. The van der Waals surface area contributed by atoms with Gasteiger partial charge in [-0.15, -0.1) is 0 Å². The van der Waals surface area contributed by atoms with Crippen LogP contribution in [0.5, 0.6) is 0 Å². The zero-order valence-electron chi connectivity index (χ0n) is 6.12. The van der Waals surface area contributed by atoms with E-state index in [9.17, 15) is 4.21 Å². The second-order valence-corrected chi connectivity index (χ2v) is 11.6. The molecule has 0 radical (unpaired) electrons. The Kier molecular flexibility index (Phi) is 2.40. The molecule has 1 N–H and O–H groups in total.